The van der Waals surface area contributed by atoms with Gasteiger partial charge in [-0.15, -0.1) is 0 Å². The van der Waals surface area contributed by atoms with E-state index < -0.39 is 18.2 Å². The van der Waals surface area contributed by atoms with Crippen LogP contribution in [0.4, 0.5) is 0 Å². The third-order valence-electron chi connectivity index (χ3n) is 5.02. The number of carbonyl (C=O) groups is 2. The lowest BCUT2D eigenvalue weighted by molar-refractivity contribution is -0.180. The van der Waals surface area contributed by atoms with Crippen molar-refractivity contribution in [1.82, 2.24) is 4.90 Å². The molecule has 3 rings (SSSR count). The summed E-state index contributed by atoms with van der Waals surface area (Å²) in [4.78, 5) is 27.1. The minimum Gasteiger partial charge on any atom is -0.469 e. The second kappa shape index (κ2) is 9.82. The Kier molecular flexibility index (Phi) is 7.40. The molecule has 30 heavy (non-hydrogen) atoms. The van der Waals surface area contributed by atoms with Gasteiger partial charge in [-0.3, -0.25) is 9.59 Å². The average Bonchev–Trinajstić information content (AvgIpc) is 2.71. The lowest BCUT2D eigenvalue weighted by Crippen LogP contribution is -2.52. The van der Waals surface area contributed by atoms with Gasteiger partial charge in [0.2, 0.25) is 0 Å². The molecule has 1 aliphatic heterocycles. The number of ether oxygens (including phenoxy) is 2. The van der Waals surface area contributed by atoms with Crippen molar-refractivity contribution in [3.63, 3.8) is 0 Å². The van der Waals surface area contributed by atoms with Crippen LogP contribution >= 0.6 is 23.2 Å². The molecule has 1 aliphatic rings. The van der Waals surface area contributed by atoms with E-state index in [9.17, 15) is 9.59 Å². The quantitative estimate of drug-likeness (QED) is 0.567. The first-order chi connectivity index (χ1) is 14.3. The molecule has 0 radical (unpaired) electrons. The maximum atomic E-state index is 13.3. The van der Waals surface area contributed by atoms with Crippen molar-refractivity contribution < 1.29 is 19.1 Å². The Balaban J connectivity index is 2.10. The zero-order chi connectivity index (χ0) is 21.8. The molecule has 2 aromatic carbocycles. The molecule has 1 heterocycles. The van der Waals surface area contributed by atoms with Crippen LogP contribution in [0.25, 0.3) is 0 Å². The van der Waals surface area contributed by atoms with Gasteiger partial charge in [0, 0.05) is 16.6 Å². The van der Waals surface area contributed by atoms with Crippen LogP contribution in [-0.4, -0.2) is 36.5 Å². The average molecular weight is 450 g/mol. The summed E-state index contributed by atoms with van der Waals surface area (Å²) in [6, 6.07) is 14.4. The summed E-state index contributed by atoms with van der Waals surface area (Å²) < 4.78 is 11.0. The second-order valence-electron chi connectivity index (χ2n) is 7.76. The van der Waals surface area contributed by atoms with E-state index in [1.165, 1.54) is 7.11 Å². The molecule has 0 aliphatic carbocycles. The highest BCUT2D eigenvalue weighted by atomic mass is 35.5. The highest BCUT2D eigenvalue weighted by molar-refractivity contribution is 6.30. The molecule has 0 saturated carbocycles. The zero-order valence-electron chi connectivity index (χ0n) is 17.2. The van der Waals surface area contributed by atoms with Gasteiger partial charge in [-0.05, 0) is 41.3 Å². The summed E-state index contributed by atoms with van der Waals surface area (Å²) >= 11 is 12.3. The van der Waals surface area contributed by atoms with Crippen LogP contribution in [0.3, 0.4) is 0 Å². The van der Waals surface area contributed by atoms with E-state index in [0.29, 0.717) is 16.6 Å². The summed E-state index contributed by atoms with van der Waals surface area (Å²) in [6.45, 7) is 4.61. The number of hydrogen-bond donors (Lipinski definition) is 0. The standard InChI is InChI=1S/C23H25Cl2NO4/c1-14(2)13-26-21(15-7-9-17(24)10-8-15)22(16-5-4-6-18(25)11-16)30-19(23(26)28)12-20(27)29-3/h4-11,14,19,21-22H,12-13H2,1-3H3. The van der Waals surface area contributed by atoms with Crippen LogP contribution < -0.4 is 0 Å². The molecule has 1 saturated heterocycles. The molecule has 160 valence electrons. The SMILES string of the molecule is COC(=O)CC1OC(c2cccc(Cl)c2)C(c2ccc(Cl)cc2)N(CC(C)C)C1=O. The van der Waals surface area contributed by atoms with E-state index in [1.54, 1.807) is 23.1 Å². The summed E-state index contributed by atoms with van der Waals surface area (Å²) in [5, 5.41) is 1.18. The maximum absolute atomic E-state index is 13.3. The molecule has 0 bridgehead atoms. The van der Waals surface area contributed by atoms with Crippen molar-refractivity contribution in [3.05, 3.63) is 69.7 Å². The Morgan fingerprint density at radius 1 is 1.10 bits per heavy atom. The molecule has 3 unspecified atom stereocenters. The Morgan fingerprint density at radius 2 is 1.80 bits per heavy atom. The Labute approximate surface area is 186 Å². The predicted octanol–water partition coefficient (Wildman–Crippen LogP) is 5.22. The maximum Gasteiger partial charge on any atom is 0.308 e. The third kappa shape index (κ3) is 5.15. The largest absolute Gasteiger partial charge is 0.469 e. The molecule has 3 atom stereocenters. The van der Waals surface area contributed by atoms with E-state index in [2.05, 4.69) is 0 Å². The Hall–Kier alpha value is -2.08. The smallest absolute Gasteiger partial charge is 0.308 e. The van der Waals surface area contributed by atoms with E-state index in [-0.39, 0.29) is 24.3 Å². The first kappa shape index (κ1) is 22.6. The molecule has 5 nitrogen and oxygen atoms in total. The number of methoxy groups -OCH3 is 1. The molecular weight excluding hydrogens is 425 g/mol. The van der Waals surface area contributed by atoms with Crippen molar-refractivity contribution in [3.8, 4) is 0 Å². The fourth-order valence-electron chi connectivity index (χ4n) is 3.72. The van der Waals surface area contributed by atoms with Gasteiger partial charge in [-0.25, -0.2) is 0 Å². The van der Waals surface area contributed by atoms with Crippen LogP contribution in [0.2, 0.25) is 10.0 Å². The first-order valence-corrected chi connectivity index (χ1v) is 10.6. The minimum absolute atomic E-state index is 0.145. The fourth-order valence-corrected chi connectivity index (χ4v) is 4.05. The summed E-state index contributed by atoms with van der Waals surface area (Å²) in [7, 11) is 1.30. The summed E-state index contributed by atoms with van der Waals surface area (Å²) in [6.07, 6.45) is -1.58. The molecule has 0 aromatic heterocycles. The highest BCUT2D eigenvalue weighted by Crippen LogP contribution is 2.43. The van der Waals surface area contributed by atoms with E-state index in [4.69, 9.17) is 32.7 Å². The van der Waals surface area contributed by atoms with Gasteiger partial charge in [0.1, 0.15) is 12.2 Å². The third-order valence-corrected chi connectivity index (χ3v) is 5.51. The van der Waals surface area contributed by atoms with Crippen molar-refractivity contribution >= 4 is 35.1 Å². The molecular formula is C23H25Cl2NO4. The second-order valence-corrected chi connectivity index (χ2v) is 8.63. The minimum atomic E-state index is -0.927. The van der Waals surface area contributed by atoms with Gasteiger partial charge in [0.15, 0.2) is 0 Å². The molecule has 2 aromatic rings. The number of halogens is 2. The lowest BCUT2D eigenvalue weighted by Gasteiger charge is -2.45. The van der Waals surface area contributed by atoms with Gasteiger partial charge in [-0.1, -0.05) is 61.3 Å². The Morgan fingerprint density at radius 3 is 2.40 bits per heavy atom. The van der Waals surface area contributed by atoms with E-state index in [1.807, 2.05) is 44.2 Å². The summed E-state index contributed by atoms with van der Waals surface area (Å²) in [5.41, 5.74) is 1.73. The van der Waals surface area contributed by atoms with Crippen LogP contribution in [0.15, 0.2) is 48.5 Å². The number of amides is 1. The topological polar surface area (TPSA) is 55.8 Å². The number of morpholine rings is 1. The van der Waals surface area contributed by atoms with Crippen LogP contribution in [-0.2, 0) is 19.1 Å². The van der Waals surface area contributed by atoms with Crippen molar-refractivity contribution in [2.75, 3.05) is 13.7 Å². The van der Waals surface area contributed by atoms with E-state index >= 15 is 0 Å². The number of benzene rings is 2. The first-order valence-electron chi connectivity index (χ1n) is 9.83. The van der Waals surface area contributed by atoms with Crippen molar-refractivity contribution in [2.45, 2.75) is 38.5 Å². The molecule has 0 N–H and O–H groups in total. The van der Waals surface area contributed by atoms with Gasteiger partial charge >= 0.3 is 5.97 Å². The van der Waals surface area contributed by atoms with Gasteiger partial charge in [-0.2, -0.15) is 0 Å². The van der Waals surface area contributed by atoms with Gasteiger partial charge in [0.05, 0.1) is 19.6 Å². The van der Waals surface area contributed by atoms with Gasteiger partial charge < -0.3 is 14.4 Å². The molecule has 1 fully saturated rings. The monoisotopic (exact) mass is 449 g/mol. The Bertz CT molecular complexity index is 900. The van der Waals surface area contributed by atoms with Crippen LogP contribution in [0.5, 0.6) is 0 Å². The number of carbonyl (C=O) groups excluding carboxylic acids is 2. The summed E-state index contributed by atoms with van der Waals surface area (Å²) in [5.74, 6) is -0.499. The number of esters is 1. The number of hydrogen-bond acceptors (Lipinski definition) is 4. The highest BCUT2D eigenvalue weighted by Gasteiger charge is 2.45. The molecule has 7 heteroatoms. The number of rotatable bonds is 6. The predicted molar refractivity (Wildman–Crippen MR) is 116 cm³/mol. The lowest BCUT2D eigenvalue weighted by atomic mass is 9.90. The van der Waals surface area contributed by atoms with E-state index in [0.717, 1.165) is 11.1 Å². The van der Waals surface area contributed by atoms with Crippen molar-refractivity contribution in [1.29, 1.82) is 0 Å². The van der Waals surface area contributed by atoms with Gasteiger partial charge in [0.25, 0.3) is 5.91 Å². The molecule has 0 spiro atoms. The normalized spacial score (nSPS) is 21.7. The fraction of sp³-hybridized carbons (Fsp3) is 0.391. The number of nitrogens with zero attached hydrogens (tertiary/aromatic N) is 1. The van der Waals surface area contributed by atoms with Crippen LogP contribution in [0, 0.1) is 5.92 Å². The zero-order valence-corrected chi connectivity index (χ0v) is 18.7. The van der Waals surface area contributed by atoms with Crippen LogP contribution in [0.1, 0.15) is 43.5 Å². The van der Waals surface area contributed by atoms with Crippen molar-refractivity contribution in [2.24, 2.45) is 5.92 Å². The molecule has 1 amide bonds.